The zero-order valence-corrected chi connectivity index (χ0v) is 13.1. The summed E-state index contributed by atoms with van der Waals surface area (Å²) in [5.74, 6) is 0.0400. The zero-order chi connectivity index (χ0) is 13.8. The Morgan fingerprint density at radius 3 is 2.47 bits per heavy atom. The van der Waals surface area contributed by atoms with Crippen LogP contribution in [-0.4, -0.2) is 17.3 Å². The highest BCUT2D eigenvalue weighted by atomic mass is 127. The van der Waals surface area contributed by atoms with Crippen LogP contribution in [-0.2, 0) is 0 Å². The van der Waals surface area contributed by atoms with Crippen LogP contribution in [0.1, 0.15) is 10.4 Å². The first-order chi connectivity index (χ1) is 9.13. The fourth-order valence-electron chi connectivity index (χ4n) is 1.62. The van der Waals surface area contributed by atoms with Crippen LogP contribution in [0.3, 0.4) is 0 Å². The van der Waals surface area contributed by atoms with Gasteiger partial charge in [-0.3, -0.25) is 0 Å². The van der Waals surface area contributed by atoms with Gasteiger partial charge in [0.25, 0.3) is 0 Å². The van der Waals surface area contributed by atoms with Crippen LogP contribution in [0.25, 0.3) is 0 Å². The monoisotopic (exact) mass is 386 g/mol. The fourth-order valence-corrected chi connectivity index (χ4v) is 2.73. The first kappa shape index (κ1) is 14.2. The van der Waals surface area contributed by atoms with Crippen molar-refractivity contribution in [1.82, 2.24) is 0 Å². The van der Waals surface area contributed by atoms with Crippen molar-refractivity contribution in [3.63, 3.8) is 0 Å². The maximum atomic E-state index is 11.4. The first-order valence-corrected chi connectivity index (χ1v) is 7.76. The van der Waals surface area contributed by atoms with Crippen LogP contribution >= 0.6 is 34.4 Å². The smallest absolute Gasteiger partial charge is 0.340 e. The van der Waals surface area contributed by atoms with Crippen LogP contribution in [0.4, 0.5) is 0 Å². The lowest BCUT2D eigenvalue weighted by Gasteiger charge is -2.12. The Hall–Kier alpha value is -1.21. The van der Waals surface area contributed by atoms with Crippen molar-refractivity contribution < 1.29 is 14.6 Å². The third-order valence-electron chi connectivity index (χ3n) is 2.48. The number of carbonyl (C=O) groups is 1. The van der Waals surface area contributed by atoms with E-state index >= 15 is 0 Å². The Labute approximate surface area is 129 Å². The van der Waals surface area contributed by atoms with Crippen molar-refractivity contribution in [1.29, 1.82) is 0 Å². The van der Waals surface area contributed by atoms with Crippen molar-refractivity contribution in [2.24, 2.45) is 0 Å². The second-order valence-corrected chi connectivity index (χ2v) is 5.68. The highest BCUT2D eigenvalue weighted by Gasteiger charge is 2.17. The molecule has 0 heterocycles. The summed E-state index contributed by atoms with van der Waals surface area (Å²) in [5, 5.41) is 9.33. The van der Waals surface area contributed by atoms with E-state index < -0.39 is 5.97 Å². The van der Waals surface area contributed by atoms with Gasteiger partial charge < -0.3 is 9.84 Å². The van der Waals surface area contributed by atoms with E-state index in [0.717, 1.165) is 3.57 Å². The first-order valence-electron chi connectivity index (χ1n) is 5.46. The van der Waals surface area contributed by atoms with Crippen molar-refractivity contribution >= 4 is 40.3 Å². The molecule has 0 bridgehead atoms. The Balaban J connectivity index is 2.46. The van der Waals surface area contributed by atoms with Crippen LogP contribution in [0.15, 0.2) is 47.4 Å². The van der Waals surface area contributed by atoms with Crippen LogP contribution < -0.4 is 4.74 Å². The van der Waals surface area contributed by atoms with E-state index in [1.165, 1.54) is 11.8 Å². The standard InChI is InChI=1S/C14H11IO3S/c1-19-12-8-4-7-11(13(12)14(16)17)18-10-6-3-2-5-9(10)15/h2-8H,1H3,(H,16,17). The second-order valence-electron chi connectivity index (χ2n) is 3.67. The summed E-state index contributed by atoms with van der Waals surface area (Å²) in [6, 6.07) is 12.7. The van der Waals surface area contributed by atoms with Gasteiger partial charge in [0.15, 0.2) is 0 Å². The molecule has 19 heavy (non-hydrogen) atoms. The minimum atomic E-state index is -0.981. The van der Waals surface area contributed by atoms with Gasteiger partial charge in [-0.2, -0.15) is 0 Å². The molecule has 0 unspecified atom stereocenters. The lowest BCUT2D eigenvalue weighted by atomic mass is 10.2. The number of rotatable bonds is 4. The van der Waals surface area contributed by atoms with Crippen molar-refractivity contribution in [3.05, 3.63) is 51.6 Å². The van der Waals surface area contributed by atoms with Gasteiger partial charge in [-0.15, -0.1) is 11.8 Å². The molecule has 98 valence electrons. The molecule has 0 spiro atoms. The lowest BCUT2D eigenvalue weighted by molar-refractivity contribution is 0.0690. The highest BCUT2D eigenvalue weighted by Crippen LogP contribution is 2.33. The maximum absolute atomic E-state index is 11.4. The molecule has 1 N–H and O–H groups in total. The SMILES string of the molecule is CSc1cccc(Oc2ccccc2I)c1C(=O)O. The van der Waals surface area contributed by atoms with Crippen LogP contribution in [0.2, 0.25) is 0 Å². The molecule has 0 saturated heterocycles. The lowest BCUT2D eigenvalue weighted by Crippen LogP contribution is -2.02. The molecule has 2 rings (SSSR count). The van der Waals surface area contributed by atoms with Gasteiger partial charge in [0.05, 0.1) is 3.57 Å². The predicted octanol–water partition coefficient (Wildman–Crippen LogP) is 4.50. The summed E-state index contributed by atoms with van der Waals surface area (Å²) < 4.78 is 6.68. The van der Waals surface area contributed by atoms with Crippen LogP contribution in [0.5, 0.6) is 11.5 Å². The molecule has 0 aliphatic rings. The third kappa shape index (κ3) is 3.22. The topological polar surface area (TPSA) is 46.5 Å². The molecule has 0 amide bonds. The van der Waals surface area contributed by atoms with Gasteiger partial charge in [0.2, 0.25) is 0 Å². The summed E-state index contributed by atoms with van der Waals surface area (Å²) in [6.45, 7) is 0. The molecule has 0 aromatic heterocycles. The van der Waals surface area contributed by atoms with E-state index in [1.807, 2.05) is 30.5 Å². The van der Waals surface area contributed by atoms with Gasteiger partial charge in [-0.1, -0.05) is 18.2 Å². The Morgan fingerprint density at radius 1 is 1.16 bits per heavy atom. The number of hydrogen-bond acceptors (Lipinski definition) is 3. The number of carboxylic acids is 1. The summed E-state index contributed by atoms with van der Waals surface area (Å²) in [6.07, 6.45) is 1.85. The van der Waals surface area contributed by atoms with Gasteiger partial charge in [-0.05, 0) is 53.1 Å². The Kier molecular flexibility index (Phi) is 4.71. The number of thioether (sulfide) groups is 1. The normalized spacial score (nSPS) is 10.2. The molecule has 2 aromatic carbocycles. The van der Waals surface area contributed by atoms with Gasteiger partial charge in [0.1, 0.15) is 17.1 Å². The van der Waals surface area contributed by atoms with E-state index in [4.69, 9.17) is 4.74 Å². The van der Waals surface area contributed by atoms with E-state index in [-0.39, 0.29) is 5.56 Å². The van der Waals surface area contributed by atoms with Gasteiger partial charge in [-0.25, -0.2) is 4.79 Å². The quantitative estimate of drug-likeness (QED) is 0.621. The largest absolute Gasteiger partial charge is 0.478 e. The number of aromatic carboxylic acids is 1. The molecule has 0 atom stereocenters. The molecular formula is C14H11IO3S. The predicted molar refractivity (Wildman–Crippen MR) is 84.4 cm³/mol. The molecule has 2 aromatic rings. The average molecular weight is 386 g/mol. The Bertz CT molecular complexity index is 613. The Morgan fingerprint density at radius 2 is 1.84 bits per heavy atom. The number of benzene rings is 2. The molecule has 0 saturated carbocycles. The number of carboxylic acid groups (broad SMARTS) is 1. The number of ether oxygens (including phenoxy) is 1. The second kappa shape index (κ2) is 6.29. The number of para-hydroxylation sites is 1. The summed E-state index contributed by atoms with van der Waals surface area (Å²) in [4.78, 5) is 12.1. The molecule has 0 radical (unpaired) electrons. The van der Waals surface area contributed by atoms with E-state index in [2.05, 4.69) is 22.6 Å². The van der Waals surface area contributed by atoms with Gasteiger partial charge >= 0.3 is 5.97 Å². The molecule has 0 aliphatic heterocycles. The minimum absolute atomic E-state index is 0.203. The van der Waals surface area contributed by atoms with Crippen molar-refractivity contribution in [3.8, 4) is 11.5 Å². The van der Waals surface area contributed by atoms with E-state index in [9.17, 15) is 9.90 Å². The molecule has 3 nitrogen and oxygen atoms in total. The van der Waals surface area contributed by atoms with E-state index in [1.54, 1.807) is 18.2 Å². The third-order valence-corrected chi connectivity index (χ3v) is 4.15. The van der Waals surface area contributed by atoms with Crippen LogP contribution in [0, 0.1) is 3.57 Å². The maximum Gasteiger partial charge on any atom is 0.340 e. The van der Waals surface area contributed by atoms with E-state index in [0.29, 0.717) is 16.4 Å². The molecular weight excluding hydrogens is 375 g/mol. The number of hydrogen-bond donors (Lipinski definition) is 1. The van der Waals surface area contributed by atoms with Gasteiger partial charge in [0, 0.05) is 4.90 Å². The van der Waals surface area contributed by atoms with Crippen molar-refractivity contribution in [2.45, 2.75) is 4.90 Å². The average Bonchev–Trinajstić information content (AvgIpc) is 2.40. The highest BCUT2D eigenvalue weighted by molar-refractivity contribution is 14.1. The summed E-state index contributed by atoms with van der Waals surface area (Å²) in [5.41, 5.74) is 0.203. The fraction of sp³-hybridized carbons (Fsp3) is 0.0714. The zero-order valence-electron chi connectivity index (χ0n) is 10.1. The van der Waals surface area contributed by atoms with Crippen molar-refractivity contribution in [2.75, 3.05) is 6.26 Å². The number of halogens is 1. The molecule has 0 fully saturated rings. The molecule has 5 heteroatoms. The minimum Gasteiger partial charge on any atom is -0.478 e. The summed E-state index contributed by atoms with van der Waals surface area (Å²) >= 11 is 3.55. The summed E-state index contributed by atoms with van der Waals surface area (Å²) in [7, 11) is 0. The molecule has 0 aliphatic carbocycles.